The number of pyridine rings is 1. The van der Waals surface area contributed by atoms with Crippen LogP contribution in [0.2, 0.25) is 0 Å². The number of carboxylic acids is 1. The van der Waals surface area contributed by atoms with E-state index in [0.29, 0.717) is 36.6 Å². The van der Waals surface area contributed by atoms with Crippen LogP contribution in [0.25, 0.3) is 10.9 Å². The summed E-state index contributed by atoms with van der Waals surface area (Å²) in [6, 6.07) is 7.11. The Morgan fingerprint density at radius 1 is 1.29 bits per heavy atom. The molecular formula is C16H19NO4. The maximum absolute atomic E-state index is 11.5. The van der Waals surface area contributed by atoms with Crippen LogP contribution in [0.4, 0.5) is 0 Å². The number of aromatic carboxylic acids is 1. The lowest BCUT2D eigenvalue weighted by Crippen LogP contribution is -2.12. The van der Waals surface area contributed by atoms with Crippen LogP contribution in [0.15, 0.2) is 30.5 Å². The van der Waals surface area contributed by atoms with Gasteiger partial charge in [0, 0.05) is 12.0 Å². The minimum atomic E-state index is -1.02. The average Bonchev–Trinajstić information content (AvgIpc) is 2.45. The van der Waals surface area contributed by atoms with Crippen molar-refractivity contribution in [2.24, 2.45) is 5.92 Å². The lowest BCUT2D eigenvalue weighted by atomic mass is 10.1. The highest BCUT2D eigenvalue weighted by molar-refractivity contribution is 6.04. The summed E-state index contributed by atoms with van der Waals surface area (Å²) in [6.45, 7) is 5.51. The molecule has 0 atom stereocenters. The number of benzene rings is 1. The fourth-order valence-electron chi connectivity index (χ4n) is 1.98. The van der Waals surface area contributed by atoms with Crippen LogP contribution < -0.4 is 4.74 Å². The molecule has 0 saturated carbocycles. The summed E-state index contributed by atoms with van der Waals surface area (Å²) in [4.78, 5) is 15.7. The summed E-state index contributed by atoms with van der Waals surface area (Å²) >= 11 is 0. The maximum atomic E-state index is 11.5. The van der Waals surface area contributed by atoms with Gasteiger partial charge in [0.15, 0.2) is 5.75 Å². The van der Waals surface area contributed by atoms with Crippen LogP contribution in [-0.2, 0) is 4.74 Å². The molecule has 0 aliphatic carbocycles. The van der Waals surface area contributed by atoms with Crippen LogP contribution >= 0.6 is 0 Å². The molecule has 5 nitrogen and oxygen atoms in total. The van der Waals surface area contributed by atoms with Gasteiger partial charge in [0.25, 0.3) is 0 Å². The van der Waals surface area contributed by atoms with Gasteiger partial charge in [-0.05, 0) is 12.0 Å². The second-order valence-corrected chi connectivity index (χ2v) is 5.14. The number of hydrogen-bond acceptors (Lipinski definition) is 4. The Labute approximate surface area is 123 Å². The first-order valence-electron chi connectivity index (χ1n) is 6.91. The highest BCUT2D eigenvalue weighted by Gasteiger charge is 2.16. The van der Waals surface area contributed by atoms with E-state index in [2.05, 4.69) is 18.8 Å². The highest BCUT2D eigenvalue weighted by atomic mass is 16.5. The predicted molar refractivity (Wildman–Crippen MR) is 79.9 cm³/mol. The summed E-state index contributed by atoms with van der Waals surface area (Å²) < 4.78 is 10.9. The zero-order chi connectivity index (χ0) is 15.2. The van der Waals surface area contributed by atoms with Gasteiger partial charge in [-0.25, -0.2) is 4.79 Å². The predicted octanol–water partition coefficient (Wildman–Crippen LogP) is 2.98. The second kappa shape index (κ2) is 7.04. The summed E-state index contributed by atoms with van der Waals surface area (Å²) in [5.74, 6) is -0.289. The standard InChI is InChI=1S/C16H19NO4/c1-11(2)10-20-7-8-21-14-9-17-13-6-4-3-5-12(13)15(14)16(18)19/h3-6,9,11H,7-8,10H2,1-2H3,(H,18,19). The van der Waals surface area contributed by atoms with Crippen molar-refractivity contribution < 1.29 is 19.4 Å². The molecule has 0 fully saturated rings. The van der Waals surface area contributed by atoms with Crippen molar-refractivity contribution in [3.8, 4) is 5.75 Å². The first-order chi connectivity index (χ1) is 10.1. The Hall–Kier alpha value is -2.14. The van der Waals surface area contributed by atoms with Crippen molar-refractivity contribution in [3.05, 3.63) is 36.0 Å². The molecule has 1 aromatic heterocycles. The number of fused-ring (bicyclic) bond motifs is 1. The Balaban J connectivity index is 2.12. The molecule has 1 N–H and O–H groups in total. The van der Waals surface area contributed by atoms with Gasteiger partial charge in [0.1, 0.15) is 12.2 Å². The number of aromatic nitrogens is 1. The molecule has 2 aromatic rings. The van der Waals surface area contributed by atoms with Crippen LogP contribution in [0.5, 0.6) is 5.75 Å². The van der Waals surface area contributed by atoms with E-state index < -0.39 is 5.97 Å². The van der Waals surface area contributed by atoms with Crippen LogP contribution in [0.3, 0.4) is 0 Å². The Kier molecular flexibility index (Phi) is 5.11. The summed E-state index contributed by atoms with van der Waals surface area (Å²) in [5.41, 5.74) is 0.780. The molecule has 112 valence electrons. The molecule has 0 saturated heterocycles. The van der Waals surface area contributed by atoms with E-state index >= 15 is 0 Å². The third kappa shape index (κ3) is 3.92. The van der Waals surface area contributed by atoms with E-state index in [1.807, 2.05) is 6.07 Å². The lowest BCUT2D eigenvalue weighted by molar-refractivity contribution is 0.0680. The van der Waals surface area contributed by atoms with Crippen LogP contribution in [-0.4, -0.2) is 35.9 Å². The third-order valence-electron chi connectivity index (χ3n) is 2.89. The largest absolute Gasteiger partial charge is 0.489 e. The minimum absolute atomic E-state index is 0.143. The van der Waals surface area contributed by atoms with Gasteiger partial charge >= 0.3 is 5.97 Å². The van der Waals surface area contributed by atoms with Gasteiger partial charge in [-0.15, -0.1) is 0 Å². The zero-order valence-electron chi connectivity index (χ0n) is 12.2. The van der Waals surface area contributed by atoms with Gasteiger partial charge in [-0.3, -0.25) is 4.98 Å². The van der Waals surface area contributed by atoms with Crippen molar-refractivity contribution in [1.82, 2.24) is 4.98 Å². The summed E-state index contributed by atoms with van der Waals surface area (Å²) in [5, 5.41) is 9.97. The molecule has 0 aliphatic heterocycles. The van der Waals surface area contributed by atoms with Crippen LogP contribution in [0.1, 0.15) is 24.2 Å². The summed E-state index contributed by atoms with van der Waals surface area (Å²) in [7, 11) is 0. The molecule has 0 amide bonds. The van der Waals surface area contributed by atoms with E-state index in [4.69, 9.17) is 9.47 Å². The van der Waals surface area contributed by atoms with E-state index in [1.165, 1.54) is 6.20 Å². The fraction of sp³-hybridized carbons (Fsp3) is 0.375. The number of hydrogen-bond donors (Lipinski definition) is 1. The highest BCUT2D eigenvalue weighted by Crippen LogP contribution is 2.26. The van der Waals surface area contributed by atoms with Gasteiger partial charge in [0.05, 0.1) is 18.3 Å². The molecule has 0 aliphatic rings. The number of carboxylic acid groups (broad SMARTS) is 1. The molecule has 1 aromatic carbocycles. The summed E-state index contributed by atoms with van der Waals surface area (Å²) in [6.07, 6.45) is 1.45. The van der Waals surface area contributed by atoms with Gasteiger partial charge < -0.3 is 14.6 Å². The van der Waals surface area contributed by atoms with Gasteiger partial charge in [-0.1, -0.05) is 32.0 Å². The first-order valence-corrected chi connectivity index (χ1v) is 6.91. The number of nitrogens with zero attached hydrogens (tertiary/aromatic N) is 1. The molecule has 21 heavy (non-hydrogen) atoms. The first kappa shape index (κ1) is 15.3. The molecular weight excluding hydrogens is 270 g/mol. The van der Waals surface area contributed by atoms with Crippen molar-refractivity contribution in [2.45, 2.75) is 13.8 Å². The van der Waals surface area contributed by atoms with Crippen molar-refractivity contribution in [2.75, 3.05) is 19.8 Å². The zero-order valence-corrected chi connectivity index (χ0v) is 12.2. The maximum Gasteiger partial charge on any atom is 0.340 e. The van der Waals surface area contributed by atoms with Crippen LogP contribution in [0, 0.1) is 5.92 Å². The quantitative estimate of drug-likeness (QED) is 0.794. The number of carbonyl (C=O) groups is 1. The van der Waals surface area contributed by atoms with E-state index in [-0.39, 0.29) is 11.3 Å². The smallest absolute Gasteiger partial charge is 0.340 e. The molecule has 5 heteroatoms. The molecule has 0 radical (unpaired) electrons. The topological polar surface area (TPSA) is 68.7 Å². The van der Waals surface area contributed by atoms with E-state index in [9.17, 15) is 9.90 Å². The molecule has 0 bridgehead atoms. The van der Waals surface area contributed by atoms with Crippen molar-refractivity contribution in [3.63, 3.8) is 0 Å². The van der Waals surface area contributed by atoms with Crippen molar-refractivity contribution >= 4 is 16.9 Å². The average molecular weight is 289 g/mol. The molecule has 0 unspecified atom stereocenters. The monoisotopic (exact) mass is 289 g/mol. The van der Waals surface area contributed by atoms with Gasteiger partial charge in [0.2, 0.25) is 0 Å². The molecule has 1 heterocycles. The minimum Gasteiger partial charge on any atom is -0.489 e. The van der Waals surface area contributed by atoms with Crippen molar-refractivity contribution in [1.29, 1.82) is 0 Å². The number of ether oxygens (including phenoxy) is 2. The van der Waals surface area contributed by atoms with E-state index in [1.54, 1.807) is 18.2 Å². The SMILES string of the molecule is CC(C)COCCOc1cnc2ccccc2c1C(=O)O. The molecule has 2 rings (SSSR count). The normalized spacial score (nSPS) is 11.0. The van der Waals surface area contributed by atoms with Gasteiger partial charge in [-0.2, -0.15) is 0 Å². The van der Waals surface area contributed by atoms with E-state index in [0.717, 1.165) is 0 Å². The Morgan fingerprint density at radius 3 is 2.76 bits per heavy atom. The Morgan fingerprint density at radius 2 is 2.05 bits per heavy atom. The number of para-hydroxylation sites is 1. The lowest BCUT2D eigenvalue weighted by Gasteiger charge is -2.11. The second-order valence-electron chi connectivity index (χ2n) is 5.14. The third-order valence-corrected chi connectivity index (χ3v) is 2.89. The Bertz CT molecular complexity index is 625. The number of rotatable bonds is 7. The fourth-order valence-corrected chi connectivity index (χ4v) is 1.98. The molecule has 0 spiro atoms.